The Morgan fingerprint density at radius 1 is 1.27 bits per heavy atom. The second kappa shape index (κ2) is 6.49. The third-order valence-corrected chi connectivity index (χ3v) is 4.11. The number of carbonyl (C=O) groups is 1. The summed E-state index contributed by atoms with van der Waals surface area (Å²) in [7, 11) is 0. The van der Waals surface area contributed by atoms with Crippen LogP contribution in [-0.4, -0.2) is 15.9 Å². The van der Waals surface area contributed by atoms with Gasteiger partial charge in [-0.2, -0.15) is 0 Å². The summed E-state index contributed by atoms with van der Waals surface area (Å²) < 4.78 is 0. The highest BCUT2D eigenvalue weighted by molar-refractivity contribution is 7.13. The molecule has 0 bridgehead atoms. The molecule has 0 saturated heterocycles. The van der Waals surface area contributed by atoms with Crippen molar-refractivity contribution in [2.75, 3.05) is 0 Å². The van der Waals surface area contributed by atoms with Gasteiger partial charge in [-0.25, -0.2) is 4.98 Å². The molecule has 22 heavy (non-hydrogen) atoms. The number of benzene rings is 1. The van der Waals surface area contributed by atoms with Gasteiger partial charge in [-0.05, 0) is 31.2 Å². The molecule has 110 valence electrons. The van der Waals surface area contributed by atoms with Gasteiger partial charge in [0, 0.05) is 28.9 Å². The molecule has 1 amide bonds. The first kappa shape index (κ1) is 14.4. The average molecular weight is 309 g/mol. The summed E-state index contributed by atoms with van der Waals surface area (Å²) in [5.41, 5.74) is 3.58. The van der Waals surface area contributed by atoms with Gasteiger partial charge in [0.2, 0.25) is 0 Å². The van der Waals surface area contributed by atoms with Crippen LogP contribution in [0.1, 0.15) is 21.6 Å². The van der Waals surface area contributed by atoms with Crippen LogP contribution in [0, 0.1) is 6.92 Å². The molecule has 0 aliphatic heterocycles. The van der Waals surface area contributed by atoms with Crippen LogP contribution in [0.3, 0.4) is 0 Å². The molecule has 0 fully saturated rings. The summed E-state index contributed by atoms with van der Waals surface area (Å²) in [6.07, 6.45) is 3.52. The fourth-order valence-corrected chi connectivity index (χ4v) is 2.88. The maximum absolute atomic E-state index is 12.1. The van der Waals surface area contributed by atoms with Crippen LogP contribution in [0.2, 0.25) is 0 Å². The number of aryl methyl sites for hydroxylation is 1. The van der Waals surface area contributed by atoms with Crippen molar-refractivity contribution in [3.63, 3.8) is 0 Å². The third-order valence-electron chi connectivity index (χ3n) is 3.17. The monoisotopic (exact) mass is 309 g/mol. The van der Waals surface area contributed by atoms with E-state index in [-0.39, 0.29) is 5.91 Å². The summed E-state index contributed by atoms with van der Waals surface area (Å²) >= 11 is 1.55. The molecule has 0 spiro atoms. The number of aromatic nitrogens is 2. The van der Waals surface area contributed by atoms with Crippen molar-refractivity contribution < 1.29 is 4.79 Å². The van der Waals surface area contributed by atoms with Gasteiger partial charge in [0.15, 0.2) is 0 Å². The highest BCUT2D eigenvalue weighted by Gasteiger charge is 2.08. The van der Waals surface area contributed by atoms with Crippen molar-refractivity contribution in [1.29, 1.82) is 0 Å². The summed E-state index contributed by atoms with van der Waals surface area (Å²) in [5.74, 6) is -0.0837. The van der Waals surface area contributed by atoms with E-state index in [9.17, 15) is 4.79 Å². The molecule has 0 atom stereocenters. The Morgan fingerprint density at radius 2 is 2.18 bits per heavy atom. The van der Waals surface area contributed by atoms with Gasteiger partial charge >= 0.3 is 0 Å². The summed E-state index contributed by atoms with van der Waals surface area (Å²) in [6.45, 7) is 2.39. The number of rotatable bonds is 4. The second-order valence-corrected chi connectivity index (χ2v) is 5.80. The van der Waals surface area contributed by atoms with E-state index >= 15 is 0 Å². The fourth-order valence-electron chi connectivity index (χ4n) is 2.07. The quantitative estimate of drug-likeness (QED) is 0.803. The predicted molar refractivity (Wildman–Crippen MR) is 87.7 cm³/mol. The fraction of sp³-hybridized carbons (Fsp3) is 0.118. The van der Waals surface area contributed by atoms with Gasteiger partial charge in [-0.15, -0.1) is 11.3 Å². The van der Waals surface area contributed by atoms with Crippen LogP contribution >= 0.6 is 11.3 Å². The van der Waals surface area contributed by atoms with Crippen LogP contribution in [0.15, 0.2) is 54.2 Å². The number of nitrogens with one attached hydrogen (secondary N) is 1. The van der Waals surface area contributed by atoms with Crippen molar-refractivity contribution in [2.24, 2.45) is 0 Å². The lowest BCUT2D eigenvalue weighted by molar-refractivity contribution is 0.0950. The van der Waals surface area contributed by atoms with Gasteiger partial charge in [0.1, 0.15) is 5.01 Å². The van der Waals surface area contributed by atoms with E-state index in [1.54, 1.807) is 23.7 Å². The van der Waals surface area contributed by atoms with Crippen molar-refractivity contribution in [3.05, 3.63) is 71.0 Å². The largest absolute Gasteiger partial charge is 0.346 e. The second-order valence-electron chi connectivity index (χ2n) is 4.94. The first-order chi connectivity index (χ1) is 10.7. The van der Waals surface area contributed by atoms with E-state index in [2.05, 4.69) is 15.3 Å². The van der Waals surface area contributed by atoms with E-state index in [0.717, 1.165) is 21.8 Å². The van der Waals surface area contributed by atoms with E-state index in [1.165, 1.54) is 0 Å². The number of thiazole rings is 1. The minimum atomic E-state index is -0.0837. The van der Waals surface area contributed by atoms with Crippen LogP contribution in [0.5, 0.6) is 0 Å². The third kappa shape index (κ3) is 3.38. The minimum Gasteiger partial charge on any atom is -0.346 e. The van der Waals surface area contributed by atoms with Crippen LogP contribution in [0.4, 0.5) is 0 Å². The van der Waals surface area contributed by atoms with Gasteiger partial charge in [0.05, 0.1) is 12.2 Å². The Kier molecular flexibility index (Phi) is 4.25. The summed E-state index contributed by atoms with van der Waals surface area (Å²) in [5, 5.41) is 5.76. The molecule has 0 aliphatic rings. The zero-order chi connectivity index (χ0) is 15.4. The number of nitrogens with zero attached hydrogens (tertiary/aromatic N) is 2. The zero-order valence-corrected chi connectivity index (χ0v) is 12.9. The first-order valence-corrected chi connectivity index (χ1v) is 7.80. The Bertz CT molecular complexity index is 783. The predicted octanol–water partition coefficient (Wildman–Crippen LogP) is 3.44. The molecular formula is C17H15N3OS. The van der Waals surface area contributed by atoms with Gasteiger partial charge in [-0.1, -0.05) is 17.7 Å². The van der Waals surface area contributed by atoms with Gasteiger partial charge in [0.25, 0.3) is 5.91 Å². The zero-order valence-electron chi connectivity index (χ0n) is 12.1. The van der Waals surface area contributed by atoms with E-state index < -0.39 is 0 Å². The molecule has 1 N–H and O–H groups in total. The Hall–Kier alpha value is -2.53. The van der Waals surface area contributed by atoms with Gasteiger partial charge in [-0.3, -0.25) is 9.78 Å². The van der Waals surface area contributed by atoms with E-state index in [1.807, 2.05) is 48.7 Å². The first-order valence-electron chi connectivity index (χ1n) is 6.92. The maximum atomic E-state index is 12.1. The van der Waals surface area contributed by atoms with E-state index in [0.29, 0.717) is 12.1 Å². The molecule has 2 aromatic heterocycles. The number of carbonyl (C=O) groups excluding carboxylic acids is 1. The molecule has 1 aromatic carbocycles. The number of amides is 1. The van der Waals surface area contributed by atoms with Crippen LogP contribution in [-0.2, 0) is 6.54 Å². The van der Waals surface area contributed by atoms with Crippen LogP contribution in [0.25, 0.3) is 10.6 Å². The minimum absolute atomic E-state index is 0.0837. The average Bonchev–Trinajstić information content (AvgIpc) is 3.02. The van der Waals surface area contributed by atoms with Crippen LogP contribution < -0.4 is 5.32 Å². The molecule has 4 nitrogen and oxygen atoms in total. The molecule has 2 heterocycles. The molecular weight excluding hydrogens is 294 g/mol. The Balaban J connectivity index is 1.65. The molecule has 5 heteroatoms. The molecule has 0 radical (unpaired) electrons. The smallest absolute Gasteiger partial charge is 0.251 e. The SMILES string of the molecule is Cc1cccc(C(=O)NCc2csc(-c3cccnc3)n2)c1. The van der Waals surface area contributed by atoms with E-state index in [4.69, 9.17) is 0 Å². The molecule has 0 saturated carbocycles. The Labute approximate surface area is 132 Å². The lowest BCUT2D eigenvalue weighted by Gasteiger charge is -2.04. The Morgan fingerprint density at radius 3 is 2.95 bits per heavy atom. The standard InChI is InChI=1S/C17H15N3OS/c1-12-4-2-5-13(8-12)16(21)19-10-15-11-22-17(20-15)14-6-3-7-18-9-14/h2-9,11H,10H2,1H3,(H,19,21). The highest BCUT2D eigenvalue weighted by Crippen LogP contribution is 2.22. The normalized spacial score (nSPS) is 10.4. The molecule has 0 aliphatic carbocycles. The van der Waals surface area contributed by atoms with Crippen molar-refractivity contribution in [2.45, 2.75) is 13.5 Å². The summed E-state index contributed by atoms with van der Waals surface area (Å²) in [6, 6.07) is 11.4. The number of pyridine rings is 1. The van der Waals surface area contributed by atoms with Crippen molar-refractivity contribution >= 4 is 17.2 Å². The lowest BCUT2D eigenvalue weighted by Crippen LogP contribution is -2.22. The molecule has 3 rings (SSSR count). The van der Waals surface area contributed by atoms with Crippen molar-refractivity contribution in [3.8, 4) is 10.6 Å². The molecule has 3 aromatic rings. The van der Waals surface area contributed by atoms with Crippen molar-refractivity contribution in [1.82, 2.24) is 15.3 Å². The van der Waals surface area contributed by atoms with Gasteiger partial charge < -0.3 is 5.32 Å². The lowest BCUT2D eigenvalue weighted by atomic mass is 10.1. The highest BCUT2D eigenvalue weighted by atomic mass is 32.1. The molecule has 0 unspecified atom stereocenters. The maximum Gasteiger partial charge on any atom is 0.251 e. The summed E-state index contributed by atoms with van der Waals surface area (Å²) in [4.78, 5) is 20.7. The number of hydrogen-bond acceptors (Lipinski definition) is 4. The topological polar surface area (TPSA) is 54.9 Å². The number of hydrogen-bond donors (Lipinski definition) is 1.